The monoisotopic (exact) mass is 319 g/mol. The fraction of sp³-hybridized carbons (Fsp3) is 0.278. The van der Waals surface area contributed by atoms with E-state index in [9.17, 15) is 18.0 Å². The van der Waals surface area contributed by atoms with E-state index in [1.165, 1.54) is 0 Å². The van der Waals surface area contributed by atoms with Crippen LogP contribution in [0.15, 0.2) is 42.5 Å². The van der Waals surface area contributed by atoms with E-state index < -0.39 is 34.5 Å². The van der Waals surface area contributed by atoms with Crippen molar-refractivity contribution in [2.45, 2.75) is 31.2 Å². The standard InChI is InChI=1S/C18H16F3NO/c19-14-9-8-13(15(20)16(14)21)17(23)22-18(10-4-5-11-18)12-6-2-1-3-7-12/h1-3,6-9H,4-5,10-11H2,(H,22,23). The Bertz CT molecular complexity index is 725. The van der Waals surface area contributed by atoms with Gasteiger partial charge in [0.1, 0.15) is 0 Å². The Balaban J connectivity index is 1.93. The minimum atomic E-state index is -1.63. The molecule has 1 aliphatic carbocycles. The van der Waals surface area contributed by atoms with Crippen LogP contribution in [-0.2, 0) is 5.54 Å². The number of carbonyl (C=O) groups is 1. The second-order valence-corrected chi connectivity index (χ2v) is 5.83. The van der Waals surface area contributed by atoms with E-state index in [1.54, 1.807) is 0 Å². The summed E-state index contributed by atoms with van der Waals surface area (Å²) < 4.78 is 40.2. The number of nitrogens with one attached hydrogen (secondary N) is 1. The lowest BCUT2D eigenvalue weighted by Gasteiger charge is -2.31. The number of amides is 1. The third-order valence-electron chi connectivity index (χ3n) is 4.42. The average molecular weight is 319 g/mol. The average Bonchev–Trinajstić information content (AvgIpc) is 3.03. The second kappa shape index (κ2) is 6.07. The Labute approximate surface area is 132 Å². The predicted octanol–water partition coefficient (Wildman–Crippen LogP) is 4.30. The van der Waals surface area contributed by atoms with Crippen molar-refractivity contribution in [3.8, 4) is 0 Å². The van der Waals surface area contributed by atoms with Crippen molar-refractivity contribution in [3.05, 3.63) is 71.0 Å². The first-order valence-electron chi connectivity index (χ1n) is 7.55. The highest BCUT2D eigenvalue weighted by Gasteiger charge is 2.37. The van der Waals surface area contributed by atoms with Crippen LogP contribution in [0.3, 0.4) is 0 Å². The van der Waals surface area contributed by atoms with Gasteiger partial charge in [-0.3, -0.25) is 4.79 Å². The number of rotatable bonds is 3. The summed E-state index contributed by atoms with van der Waals surface area (Å²) in [5.41, 5.74) is -0.129. The molecular formula is C18H16F3NO. The van der Waals surface area contributed by atoms with Crippen LogP contribution in [0.2, 0.25) is 0 Å². The summed E-state index contributed by atoms with van der Waals surface area (Å²) >= 11 is 0. The van der Waals surface area contributed by atoms with Crippen LogP contribution < -0.4 is 5.32 Å². The summed E-state index contributed by atoms with van der Waals surface area (Å²) in [6.45, 7) is 0. The highest BCUT2D eigenvalue weighted by Crippen LogP contribution is 2.39. The Morgan fingerprint density at radius 3 is 2.22 bits per heavy atom. The van der Waals surface area contributed by atoms with Gasteiger partial charge in [0, 0.05) is 0 Å². The van der Waals surface area contributed by atoms with Crippen LogP contribution >= 0.6 is 0 Å². The van der Waals surface area contributed by atoms with Gasteiger partial charge in [0.2, 0.25) is 0 Å². The molecule has 2 nitrogen and oxygen atoms in total. The third kappa shape index (κ3) is 2.83. The highest BCUT2D eigenvalue weighted by atomic mass is 19.2. The zero-order chi connectivity index (χ0) is 16.4. The topological polar surface area (TPSA) is 29.1 Å². The normalized spacial score (nSPS) is 16.3. The molecular weight excluding hydrogens is 303 g/mol. The maximum absolute atomic E-state index is 13.8. The van der Waals surface area contributed by atoms with E-state index in [4.69, 9.17) is 0 Å². The number of hydrogen-bond acceptors (Lipinski definition) is 1. The second-order valence-electron chi connectivity index (χ2n) is 5.83. The predicted molar refractivity (Wildman–Crippen MR) is 80.4 cm³/mol. The Hall–Kier alpha value is -2.30. The lowest BCUT2D eigenvalue weighted by Crippen LogP contribution is -2.44. The molecule has 1 amide bonds. The SMILES string of the molecule is O=C(NC1(c2ccccc2)CCCC1)c1ccc(F)c(F)c1F. The molecule has 120 valence electrons. The molecule has 3 rings (SSSR count). The van der Waals surface area contributed by atoms with E-state index in [1.807, 2.05) is 30.3 Å². The molecule has 0 bridgehead atoms. The number of benzene rings is 2. The molecule has 0 saturated heterocycles. The van der Waals surface area contributed by atoms with Crippen molar-refractivity contribution in [2.24, 2.45) is 0 Å². The third-order valence-corrected chi connectivity index (χ3v) is 4.42. The summed E-state index contributed by atoms with van der Waals surface area (Å²) in [7, 11) is 0. The lowest BCUT2D eigenvalue weighted by molar-refractivity contribution is 0.0892. The van der Waals surface area contributed by atoms with E-state index in [0.29, 0.717) is 0 Å². The van der Waals surface area contributed by atoms with Crippen LogP contribution in [0, 0.1) is 17.5 Å². The molecule has 1 aliphatic rings. The first kappa shape index (κ1) is 15.6. The van der Waals surface area contributed by atoms with Crippen LogP contribution in [0.1, 0.15) is 41.6 Å². The maximum Gasteiger partial charge on any atom is 0.255 e. The minimum Gasteiger partial charge on any atom is -0.342 e. The summed E-state index contributed by atoms with van der Waals surface area (Å²) in [4.78, 5) is 12.4. The maximum atomic E-state index is 13.8. The zero-order valence-corrected chi connectivity index (χ0v) is 12.4. The summed E-state index contributed by atoms with van der Waals surface area (Å²) in [5, 5.41) is 2.84. The highest BCUT2D eigenvalue weighted by molar-refractivity contribution is 5.95. The molecule has 1 saturated carbocycles. The molecule has 0 spiro atoms. The zero-order valence-electron chi connectivity index (χ0n) is 12.4. The van der Waals surface area contributed by atoms with Crippen molar-refractivity contribution in [1.82, 2.24) is 5.32 Å². The fourth-order valence-electron chi connectivity index (χ4n) is 3.21. The van der Waals surface area contributed by atoms with Gasteiger partial charge in [0.25, 0.3) is 5.91 Å². The van der Waals surface area contributed by atoms with E-state index in [-0.39, 0.29) is 0 Å². The van der Waals surface area contributed by atoms with Gasteiger partial charge in [0.05, 0.1) is 11.1 Å². The Morgan fingerprint density at radius 1 is 0.913 bits per heavy atom. The molecule has 0 atom stereocenters. The Morgan fingerprint density at radius 2 is 1.57 bits per heavy atom. The van der Waals surface area contributed by atoms with Gasteiger partial charge in [-0.2, -0.15) is 0 Å². The van der Waals surface area contributed by atoms with Crippen molar-refractivity contribution < 1.29 is 18.0 Å². The van der Waals surface area contributed by atoms with E-state index in [2.05, 4.69) is 5.32 Å². The van der Waals surface area contributed by atoms with Crippen LogP contribution in [-0.4, -0.2) is 5.91 Å². The van der Waals surface area contributed by atoms with Gasteiger partial charge in [0.15, 0.2) is 17.5 Å². The molecule has 2 aromatic carbocycles. The van der Waals surface area contributed by atoms with Crippen molar-refractivity contribution in [1.29, 1.82) is 0 Å². The molecule has 0 aromatic heterocycles. The summed E-state index contributed by atoms with van der Waals surface area (Å²) in [6, 6.07) is 11.2. The molecule has 23 heavy (non-hydrogen) atoms. The van der Waals surface area contributed by atoms with Crippen molar-refractivity contribution in [3.63, 3.8) is 0 Å². The number of halogens is 3. The fourth-order valence-corrected chi connectivity index (χ4v) is 3.21. The molecule has 0 heterocycles. The number of hydrogen-bond donors (Lipinski definition) is 1. The Kier molecular flexibility index (Phi) is 4.11. The van der Waals surface area contributed by atoms with Crippen LogP contribution in [0.5, 0.6) is 0 Å². The molecule has 2 aromatic rings. The van der Waals surface area contributed by atoms with E-state index >= 15 is 0 Å². The molecule has 0 unspecified atom stereocenters. The molecule has 1 fully saturated rings. The number of carbonyl (C=O) groups excluding carboxylic acids is 1. The lowest BCUT2D eigenvalue weighted by atomic mass is 9.87. The largest absolute Gasteiger partial charge is 0.342 e. The van der Waals surface area contributed by atoms with Crippen molar-refractivity contribution >= 4 is 5.91 Å². The molecule has 1 N–H and O–H groups in total. The smallest absolute Gasteiger partial charge is 0.255 e. The first-order chi connectivity index (χ1) is 11.0. The van der Waals surface area contributed by atoms with Gasteiger partial charge in [-0.1, -0.05) is 43.2 Å². The van der Waals surface area contributed by atoms with Crippen LogP contribution in [0.25, 0.3) is 0 Å². The summed E-state index contributed by atoms with van der Waals surface area (Å²) in [6.07, 6.45) is 3.34. The van der Waals surface area contributed by atoms with Crippen molar-refractivity contribution in [2.75, 3.05) is 0 Å². The minimum absolute atomic E-state index is 0.480. The molecule has 0 radical (unpaired) electrons. The molecule has 0 aliphatic heterocycles. The molecule has 5 heteroatoms. The van der Waals surface area contributed by atoms with Gasteiger partial charge < -0.3 is 5.32 Å². The van der Waals surface area contributed by atoms with E-state index in [0.717, 1.165) is 43.4 Å². The summed E-state index contributed by atoms with van der Waals surface area (Å²) in [5.74, 6) is -5.12. The van der Waals surface area contributed by atoms with Gasteiger partial charge in [-0.15, -0.1) is 0 Å². The van der Waals surface area contributed by atoms with Gasteiger partial charge in [-0.25, -0.2) is 13.2 Å². The van der Waals surface area contributed by atoms with Gasteiger partial charge >= 0.3 is 0 Å². The van der Waals surface area contributed by atoms with Gasteiger partial charge in [-0.05, 0) is 30.5 Å². The van der Waals surface area contributed by atoms with Crippen LogP contribution in [0.4, 0.5) is 13.2 Å². The first-order valence-corrected chi connectivity index (χ1v) is 7.55. The quantitative estimate of drug-likeness (QED) is 0.840.